The predicted molar refractivity (Wildman–Crippen MR) is 65.5 cm³/mol. The van der Waals surface area contributed by atoms with Crippen molar-refractivity contribution in [1.29, 1.82) is 0 Å². The van der Waals surface area contributed by atoms with E-state index in [4.69, 9.17) is 10.6 Å². The number of nitrogen functional groups attached to an aromatic ring is 1. The van der Waals surface area contributed by atoms with E-state index in [1.54, 1.807) is 31.3 Å². The lowest BCUT2D eigenvalue weighted by molar-refractivity contribution is 0.0634. The Morgan fingerprint density at radius 2 is 2.41 bits per heavy atom. The molecule has 0 aliphatic heterocycles. The number of hydrazine groups is 1. The quantitative estimate of drug-likeness (QED) is 0.576. The van der Waals surface area contributed by atoms with Crippen molar-refractivity contribution >= 4 is 11.6 Å². The van der Waals surface area contributed by atoms with Gasteiger partial charge in [-0.05, 0) is 13.0 Å². The maximum atomic E-state index is 12.2. The van der Waals surface area contributed by atoms with Crippen LogP contribution in [0.5, 0.6) is 0 Å². The number of amides is 1. The third-order valence-electron chi connectivity index (χ3n) is 2.60. The number of nitrogens with zero attached hydrogens (tertiary/aromatic N) is 2. The van der Waals surface area contributed by atoms with Gasteiger partial charge >= 0.3 is 0 Å². The number of pyridine rings is 1. The molecule has 1 rings (SSSR count). The Labute approximate surface area is 101 Å². The molecule has 0 spiro atoms. The number of carbonyl (C=O) groups is 1. The van der Waals surface area contributed by atoms with Gasteiger partial charge in [-0.3, -0.25) is 15.6 Å². The molecule has 1 atom stereocenters. The minimum atomic E-state index is -0.143. The summed E-state index contributed by atoms with van der Waals surface area (Å²) in [6.07, 6.45) is 3.07. The summed E-state index contributed by atoms with van der Waals surface area (Å²) in [7, 11) is 3.32. The third-order valence-corrected chi connectivity index (χ3v) is 2.60. The Balaban J connectivity index is 2.88. The maximum absolute atomic E-state index is 12.2. The summed E-state index contributed by atoms with van der Waals surface area (Å²) in [4.78, 5) is 17.7. The van der Waals surface area contributed by atoms with Crippen LogP contribution in [0.4, 0.5) is 5.69 Å². The van der Waals surface area contributed by atoms with E-state index in [1.165, 1.54) is 6.20 Å². The first kappa shape index (κ1) is 13.4. The zero-order valence-corrected chi connectivity index (χ0v) is 10.3. The molecule has 0 aromatic carbocycles. The molecule has 0 saturated heterocycles. The van der Waals surface area contributed by atoms with Gasteiger partial charge < -0.3 is 15.1 Å². The summed E-state index contributed by atoms with van der Waals surface area (Å²) in [5.74, 6) is 5.21. The van der Waals surface area contributed by atoms with Crippen molar-refractivity contribution in [3.8, 4) is 0 Å². The highest BCUT2D eigenvalue weighted by Crippen LogP contribution is 2.15. The van der Waals surface area contributed by atoms with Crippen molar-refractivity contribution in [2.75, 3.05) is 26.2 Å². The lowest BCUT2D eigenvalue weighted by Gasteiger charge is -2.25. The molecule has 1 amide bonds. The van der Waals surface area contributed by atoms with Gasteiger partial charge in [-0.15, -0.1) is 0 Å². The van der Waals surface area contributed by atoms with Gasteiger partial charge in [0.15, 0.2) is 0 Å². The normalized spacial score (nSPS) is 12.0. The third kappa shape index (κ3) is 3.15. The molecule has 1 heterocycles. The number of likely N-dealkylation sites (N-methyl/N-ethyl adjacent to an activating group) is 1. The summed E-state index contributed by atoms with van der Waals surface area (Å²) in [5.41, 5.74) is 3.49. The molecule has 1 aromatic heterocycles. The Hall–Kier alpha value is -1.66. The van der Waals surface area contributed by atoms with Crippen molar-refractivity contribution in [3.63, 3.8) is 0 Å². The number of aromatic nitrogens is 1. The van der Waals surface area contributed by atoms with E-state index in [-0.39, 0.29) is 11.9 Å². The van der Waals surface area contributed by atoms with Crippen molar-refractivity contribution in [3.05, 3.63) is 24.0 Å². The molecule has 1 unspecified atom stereocenters. The van der Waals surface area contributed by atoms with E-state index >= 15 is 0 Å². The lowest BCUT2D eigenvalue weighted by Crippen LogP contribution is -2.38. The second-order valence-electron chi connectivity index (χ2n) is 3.79. The van der Waals surface area contributed by atoms with Gasteiger partial charge in [0.2, 0.25) is 0 Å². The Kier molecular flexibility index (Phi) is 4.86. The van der Waals surface area contributed by atoms with Gasteiger partial charge in [0, 0.05) is 26.6 Å². The number of methoxy groups -OCH3 is 1. The summed E-state index contributed by atoms with van der Waals surface area (Å²) < 4.78 is 5.02. The van der Waals surface area contributed by atoms with Gasteiger partial charge in [0.05, 0.1) is 23.9 Å². The van der Waals surface area contributed by atoms with Crippen LogP contribution in [0.1, 0.15) is 17.3 Å². The highest BCUT2D eigenvalue weighted by atomic mass is 16.5. The first-order valence-electron chi connectivity index (χ1n) is 5.28. The summed E-state index contributed by atoms with van der Waals surface area (Å²) >= 11 is 0. The monoisotopic (exact) mass is 238 g/mol. The average molecular weight is 238 g/mol. The van der Waals surface area contributed by atoms with Crippen LogP contribution in [-0.4, -0.2) is 42.6 Å². The van der Waals surface area contributed by atoms with Crippen molar-refractivity contribution < 1.29 is 9.53 Å². The lowest BCUT2D eigenvalue weighted by atomic mass is 10.2. The molecular weight excluding hydrogens is 220 g/mol. The van der Waals surface area contributed by atoms with Crippen molar-refractivity contribution in [2.24, 2.45) is 5.84 Å². The van der Waals surface area contributed by atoms with E-state index in [0.29, 0.717) is 17.9 Å². The summed E-state index contributed by atoms with van der Waals surface area (Å²) in [6.45, 7) is 2.39. The molecule has 0 bridgehead atoms. The molecule has 94 valence electrons. The number of ether oxygens (including phenoxy) is 1. The van der Waals surface area contributed by atoms with Crippen LogP contribution in [0.2, 0.25) is 0 Å². The molecule has 6 nitrogen and oxygen atoms in total. The van der Waals surface area contributed by atoms with Gasteiger partial charge in [-0.2, -0.15) is 0 Å². The molecule has 0 aliphatic rings. The van der Waals surface area contributed by atoms with E-state index in [0.717, 1.165) is 0 Å². The van der Waals surface area contributed by atoms with E-state index < -0.39 is 0 Å². The van der Waals surface area contributed by atoms with Gasteiger partial charge in [-0.1, -0.05) is 0 Å². The molecule has 1 aromatic rings. The molecule has 3 N–H and O–H groups in total. The zero-order valence-electron chi connectivity index (χ0n) is 10.3. The molecule has 0 aliphatic carbocycles. The zero-order chi connectivity index (χ0) is 12.8. The van der Waals surface area contributed by atoms with Gasteiger partial charge in [0.25, 0.3) is 5.91 Å². The number of hydrogen-bond donors (Lipinski definition) is 2. The van der Waals surface area contributed by atoms with Gasteiger partial charge in [-0.25, -0.2) is 0 Å². The van der Waals surface area contributed by atoms with E-state index in [2.05, 4.69) is 10.4 Å². The second-order valence-corrected chi connectivity index (χ2v) is 3.79. The molecule has 0 radical (unpaired) electrons. The summed E-state index contributed by atoms with van der Waals surface area (Å²) in [5, 5.41) is 0. The van der Waals surface area contributed by atoms with Crippen LogP contribution in [0.3, 0.4) is 0 Å². The fourth-order valence-corrected chi connectivity index (χ4v) is 1.43. The molecule has 0 fully saturated rings. The fourth-order valence-electron chi connectivity index (χ4n) is 1.43. The van der Waals surface area contributed by atoms with Crippen LogP contribution >= 0.6 is 0 Å². The van der Waals surface area contributed by atoms with Crippen LogP contribution in [0, 0.1) is 0 Å². The van der Waals surface area contributed by atoms with E-state index in [1.807, 2.05) is 6.92 Å². The molecular formula is C11H18N4O2. The Bertz CT molecular complexity index is 383. The van der Waals surface area contributed by atoms with Crippen molar-refractivity contribution in [2.45, 2.75) is 13.0 Å². The highest BCUT2D eigenvalue weighted by Gasteiger charge is 2.19. The second kappa shape index (κ2) is 6.17. The fraction of sp³-hybridized carbons (Fsp3) is 0.455. The number of anilines is 1. The topological polar surface area (TPSA) is 80.5 Å². The van der Waals surface area contributed by atoms with Crippen LogP contribution in [-0.2, 0) is 4.74 Å². The first-order valence-corrected chi connectivity index (χ1v) is 5.28. The molecule has 17 heavy (non-hydrogen) atoms. The summed E-state index contributed by atoms with van der Waals surface area (Å²) in [6, 6.07) is 1.64. The Morgan fingerprint density at radius 1 is 1.71 bits per heavy atom. The smallest absolute Gasteiger partial charge is 0.257 e. The van der Waals surface area contributed by atoms with Crippen LogP contribution in [0.25, 0.3) is 0 Å². The average Bonchev–Trinajstić information content (AvgIpc) is 2.37. The molecule has 0 saturated carbocycles. The number of rotatable bonds is 5. The first-order chi connectivity index (χ1) is 8.11. The highest BCUT2D eigenvalue weighted by molar-refractivity contribution is 5.99. The van der Waals surface area contributed by atoms with Gasteiger partial charge in [0.1, 0.15) is 0 Å². The molecule has 6 heteroatoms. The maximum Gasteiger partial charge on any atom is 0.257 e. The number of carbonyl (C=O) groups excluding carboxylic acids is 1. The minimum Gasteiger partial charge on any atom is -0.383 e. The number of nitrogens with two attached hydrogens (primary N) is 1. The largest absolute Gasteiger partial charge is 0.383 e. The van der Waals surface area contributed by atoms with Crippen LogP contribution < -0.4 is 11.3 Å². The minimum absolute atomic E-state index is 0.0154. The number of hydrogen-bond acceptors (Lipinski definition) is 5. The Morgan fingerprint density at radius 3 is 3.00 bits per heavy atom. The number of nitrogens with one attached hydrogen (secondary N) is 1. The van der Waals surface area contributed by atoms with Crippen molar-refractivity contribution in [1.82, 2.24) is 9.88 Å². The SMILES string of the molecule is COCC(C)N(C)C(=O)c1cnccc1NN. The van der Waals surface area contributed by atoms with E-state index in [9.17, 15) is 4.79 Å². The predicted octanol–water partition coefficient (Wildman–Crippen LogP) is 0.474. The standard InChI is InChI=1S/C11H18N4O2/c1-8(7-17-3)15(2)11(16)9-6-13-5-4-10(9)14-12/h4-6,8H,7,12H2,1-3H3,(H,13,14). The van der Waals surface area contributed by atoms with Crippen LogP contribution in [0.15, 0.2) is 18.5 Å².